The second-order valence-corrected chi connectivity index (χ2v) is 6.50. The summed E-state index contributed by atoms with van der Waals surface area (Å²) in [6, 6.07) is 13.2. The molecule has 0 unspecified atom stereocenters. The van der Waals surface area contributed by atoms with Gasteiger partial charge in [0.1, 0.15) is 23.1 Å². The summed E-state index contributed by atoms with van der Waals surface area (Å²) in [6.45, 7) is 2.92. The third-order valence-electron chi connectivity index (χ3n) is 4.56. The van der Waals surface area contributed by atoms with Crippen LogP contribution in [0, 0.1) is 6.92 Å². The van der Waals surface area contributed by atoms with E-state index < -0.39 is 0 Å². The number of fused-ring (bicyclic) bond motifs is 1. The molecule has 1 saturated heterocycles. The number of aryl methyl sites for hydroxylation is 1. The Morgan fingerprint density at radius 1 is 1.19 bits per heavy atom. The van der Waals surface area contributed by atoms with Crippen molar-refractivity contribution in [2.24, 2.45) is 0 Å². The number of benzene rings is 1. The normalized spacial score (nSPS) is 16.8. The Hall–Kier alpha value is -3.15. The van der Waals surface area contributed by atoms with Crippen LogP contribution in [-0.2, 0) is 0 Å². The number of carbonyl (C=O) groups excluding carboxylic acids is 1. The Bertz CT molecular complexity index is 1010. The summed E-state index contributed by atoms with van der Waals surface area (Å²) in [5.74, 6) is 0.493. The fourth-order valence-corrected chi connectivity index (χ4v) is 3.20. The van der Waals surface area contributed by atoms with E-state index in [1.54, 1.807) is 17.2 Å². The molecule has 1 amide bonds. The minimum atomic E-state index is -0.337. The van der Waals surface area contributed by atoms with Crippen LogP contribution in [0.15, 0.2) is 59.7 Å². The van der Waals surface area contributed by atoms with E-state index in [-0.39, 0.29) is 23.1 Å². The highest BCUT2D eigenvalue weighted by Gasteiger charge is 2.30. The number of pyridine rings is 1. The number of ether oxygens (including phenoxy) is 1. The molecule has 3 heterocycles. The van der Waals surface area contributed by atoms with Gasteiger partial charge in [-0.15, -0.1) is 0 Å². The summed E-state index contributed by atoms with van der Waals surface area (Å²) in [4.78, 5) is 31.4. The predicted molar refractivity (Wildman–Crippen MR) is 97.6 cm³/mol. The Kier molecular flexibility index (Phi) is 4.16. The largest absolute Gasteiger partial charge is 0.489 e. The van der Waals surface area contributed by atoms with Gasteiger partial charge in [0, 0.05) is 25.4 Å². The number of rotatable bonds is 3. The minimum Gasteiger partial charge on any atom is -0.489 e. The maximum atomic E-state index is 12.8. The van der Waals surface area contributed by atoms with E-state index in [1.807, 2.05) is 43.3 Å². The number of amides is 1. The molecule has 2 aromatic heterocycles. The number of likely N-dealkylation sites (tertiary alicyclic amines) is 1. The summed E-state index contributed by atoms with van der Waals surface area (Å²) in [7, 11) is 0. The zero-order valence-corrected chi connectivity index (χ0v) is 14.5. The smallest absolute Gasteiger partial charge is 0.270 e. The molecule has 6 nitrogen and oxygen atoms in total. The molecule has 0 N–H and O–H groups in total. The van der Waals surface area contributed by atoms with Gasteiger partial charge in [-0.3, -0.25) is 14.0 Å². The van der Waals surface area contributed by atoms with E-state index in [0.717, 1.165) is 17.7 Å². The fourth-order valence-electron chi connectivity index (χ4n) is 3.20. The first-order chi connectivity index (χ1) is 12.6. The van der Waals surface area contributed by atoms with Crippen LogP contribution in [0.5, 0.6) is 5.75 Å². The van der Waals surface area contributed by atoms with Gasteiger partial charge in [-0.25, -0.2) is 4.98 Å². The van der Waals surface area contributed by atoms with Gasteiger partial charge in [-0.1, -0.05) is 24.3 Å². The molecule has 0 radical (unpaired) electrons. The summed E-state index contributed by atoms with van der Waals surface area (Å²) < 4.78 is 7.34. The van der Waals surface area contributed by atoms with E-state index in [1.165, 1.54) is 10.6 Å². The number of aromatic nitrogens is 2. The average Bonchev–Trinajstić information content (AvgIpc) is 3.11. The van der Waals surface area contributed by atoms with Crippen LogP contribution in [0.1, 0.15) is 22.3 Å². The van der Waals surface area contributed by atoms with Crippen molar-refractivity contribution in [3.8, 4) is 5.75 Å². The molecule has 0 saturated carbocycles. The molecule has 0 aliphatic carbocycles. The van der Waals surface area contributed by atoms with Gasteiger partial charge < -0.3 is 9.64 Å². The Balaban J connectivity index is 1.54. The molecule has 26 heavy (non-hydrogen) atoms. The average molecular weight is 349 g/mol. The number of nitrogens with zero attached hydrogens (tertiary/aromatic N) is 3. The third kappa shape index (κ3) is 3.06. The lowest BCUT2D eigenvalue weighted by Crippen LogP contribution is -2.35. The maximum absolute atomic E-state index is 12.8. The molecular weight excluding hydrogens is 330 g/mol. The number of hydrogen-bond donors (Lipinski definition) is 0. The highest BCUT2D eigenvalue weighted by Crippen LogP contribution is 2.19. The minimum absolute atomic E-state index is 0.0697. The van der Waals surface area contributed by atoms with Crippen LogP contribution in [0.3, 0.4) is 0 Å². The first-order valence-electron chi connectivity index (χ1n) is 8.61. The van der Waals surface area contributed by atoms with Crippen LogP contribution in [0.25, 0.3) is 5.65 Å². The predicted octanol–water partition coefficient (Wildman–Crippen LogP) is 2.30. The number of carbonyl (C=O) groups is 1. The van der Waals surface area contributed by atoms with Gasteiger partial charge in [0.2, 0.25) is 0 Å². The van der Waals surface area contributed by atoms with Crippen LogP contribution in [-0.4, -0.2) is 39.4 Å². The van der Waals surface area contributed by atoms with Gasteiger partial charge in [0.15, 0.2) is 0 Å². The summed E-state index contributed by atoms with van der Waals surface area (Å²) >= 11 is 0. The molecule has 1 aromatic carbocycles. The topological polar surface area (TPSA) is 63.9 Å². The molecule has 6 heteroatoms. The van der Waals surface area contributed by atoms with Crippen molar-refractivity contribution in [2.45, 2.75) is 19.4 Å². The van der Waals surface area contributed by atoms with Crippen LogP contribution >= 0.6 is 0 Å². The van der Waals surface area contributed by atoms with E-state index in [4.69, 9.17) is 4.74 Å². The fraction of sp³-hybridized carbons (Fsp3) is 0.250. The highest BCUT2D eigenvalue weighted by atomic mass is 16.5. The van der Waals surface area contributed by atoms with Crippen molar-refractivity contribution < 1.29 is 9.53 Å². The quantitative estimate of drug-likeness (QED) is 0.728. The monoisotopic (exact) mass is 349 g/mol. The van der Waals surface area contributed by atoms with E-state index in [9.17, 15) is 9.59 Å². The highest BCUT2D eigenvalue weighted by molar-refractivity contribution is 5.94. The Labute approximate surface area is 150 Å². The SMILES string of the molecule is Cc1ccc2ncc(C(=O)N3CC[C@H](Oc4ccccc4)C3)c(=O)n2c1. The molecular formula is C20H19N3O3. The van der Waals surface area contributed by atoms with E-state index >= 15 is 0 Å². The lowest BCUT2D eigenvalue weighted by molar-refractivity contribution is 0.0770. The molecule has 1 atom stereocenters. The Morgan fingerprint density at radius 3 is 2.81 bits per heavy atom. The Morgan fingerprint density at radius 2 is 2.00 bits per heavy atom. The summed E-state index contributed by atoms with van der Waals surface area (Å²) in [5, 5.41) is 0. The molecule has 4 rings (SSSR count). The second-order valence-electron chi connectivity index (χ2n) is 6.50. The molecule has 1 aliphatic heterocycles. The van der Waals surface area contributed by atoms with Crippen molar-refractivity contribution in [3.63, 3.8) is 0 Å². The van der Waals surface area contributed by atoms with E-state index in [2.05, 4.69) is 4.98 Å². The van der Waals surface area contributed by atoms with Gasteiger partial charge in [-0.2, -0.15) is 0 Å². The van der Waals surface area contributed by atoms with Gasteiger partial charge >= 0.3 is 0 Å². The van der Waals surface area contributed by atoms with Crippen molar-refractivity contribution in [1.82, 2.24) is 14.3 Å². The molecule has 0 spiro atoms. The van der Waals surface area contributed by atoms with Crippen LogP contribution in [0.2, 0.25) is 0 Å². The lowest BCUT2D eigenvalue weighted by atomic mass is 10.2. The molecule has 3 aromatic rings. The summed E-state index contributed by atoms with van der Waals surface area (Å²) in [6.07, 6.45) is 3.75. The second kappa shape index (κ2) is 6.63. The summed E-state index contributed by atoms with van der Waals surface area (Å²) in [5.41, 5.74) is 1.22. The number of para-hydroxylation sites is 1. The molecule has 0 bridgehead atoms. The maximum Gasteiger partial charge on any atom is 0.270 e. The zero-order valence-electron chi connectivity index (χ0n) is 14.5. The standard InChI is InChI=1S/C20H19N3O3/c1-14-7-8-18-21-11-17(20(25)23(18)12-14)19(24)22-10-9-16(13-22)26-15-5-3-2-4-6-15/h2-8,11-12,16H,9-10,13H2,1H3/t16-/m0/s1. The zero-order chi connectivity index (χ0) is 18.1. The van der Waals surface area contributed by atoms with Crippen molar-refractivity contribution >= 4 is 11.6 Å². The van der Waals surface area contributed by atoms with Gasteiger partial charge in [-0.05, 0) is 30.7 Å². The van der Waals surface area contributed by atoms with Crippen molar-refractivity contribution in [1.29, 1.82) is 0 Å². The molecule has 132 valence electrons. The lowest BCUT2D eigenvalue weighted by Gasteiger charge is -2.17. The van der Waals surface area contributed by atoms with Crippen molar-refractivity contribution in [3.05, 3.63) is 76.3 Å². The van der Waals surface area contributed by atoms with Crippen LogP contribution < -0.4 is 10.3 Å². The van der Waals surface area contributed by atoms with Gasteiger partial charge in [0.05, 0.1) is 6.54 Å². The first kappa shape index (κ1) is 16.3. The molecule has 1 aliphatic rings. The van der Waals surface area contributed by atoms with Crippen LogP contribution in [0.4, 0.5) is 0 Å². The van der Waals surface area contributed by atoms with Gasteiger partial charge in [0.25, 0.3) is 11.5 Å². The van der Waals surface area contributed by atoms with Crippen molar-refractivity contribution in [2.75, 3.05) is 13.1 Å². The first-order valence-corrected chi connectivity index (χ1v) is 8.61. The molecule has 1 fully saturated rings. The number of hydrogen-bond acceptors (Lipinski definition) is 4. The van der Waals surface area contributed by atoms with E-state index in [0.29, 0.717) is 18.7 Å². The third-order valence-corrected chi connectivity index (χ3v) is 4.56.